The summed E-state index contributed by atoms with van der Waals surface area (Å²) in [6, 6.07) is 9.01. The molecule has 1 amide bonds. The molecule has 5 nitrogen and oxygen atoms in total. The van der Waals surface area contributed by atoms with Crippen LogP contribution in [0.2, 0.25) is 0 Å². The number of phenolic OH excluding ortho intramolecular Hbond substituents is 2. The van der Waals surface area contributed by atoms with E-state index in [1.54, 1.807) is 17.0 Å². The monoisotopic (exact) mass is 525 g/mol. The minimum absolute atomic E-state index is 0.0157. The normalized spacial score (nSPS) is 22.2. The molecule has 0 saturated heterocycles. The minimum Gasteiger partial charge on any atom is -0.507 e. The van der Waals surface area contributed by atoms with Gasteiger partial charge in [-0.15, -0.1) is 0 Å². The molecular weight excluding hydrogens is 494 g/mol. The van der Waals surface area contributed by atoms with Gasteiger partial charge in [0.05, 0.1) is 10.2 Å². The van der Waals surface area contributed by atoms with E-state index in [-0.39, 0.29) is 41.8 Å². The SMILES string of the molecule is C=C(C)[C@@H]1CCC(C)=C[C@H]1c1c(O)c(Br)c2c(c1O)[C@H](CCO)CCN2C(=O)c1ccccc1. The van der Waals surface area contributed by atoms with Gasteiger partial charge in [-0.2, -0.15) is 0 Å². The van der Waals surface area contributed by atoms with Crippen molar-refractivity contribution in [2.24, 2.45) is 5.92 Å². The largest absolute Gasteiger partial charge is 0.507 e. The number of aromatic hydroxyl groups is 2. The van der Waals surface area contributed by atoms with Crippen molar-refractivity contribution in [3.63, 3.8) is 0 Å². The van der Waals surface area contributed by atoms with Crippen LogP contribution in [0.5, 0.6) is 11.5 Å². The summed E-state index contributed by atoms with van der Waals surface area (Å²) in [6.07, 6.45) is 5.05. The van der Waals surface area contributed by atoms with Gasteiger partial charge in [0.25, 0.3) is 5.91 Å². The number of carbonyl (C=O) groups is 1. The number of benzene rings is 2. The number of phenols is 2. The van der Waals surface area contributed by atoms with Crippen LogP contribution < -0.4 is 4.90 Å². The van der Waals surface area contributed by atoms with Crippen molar-refractivity contribution in [1.29, 1.82) is 0 Å². The summed E-state index contributed by atoms with van der Waals surface area (Å²) < 4.78 is 0.402. The molecule has 0 radical (unpaired) electrons. The summed E-state index contributed by atoms with van der Waals surface area (Å²) in [6.45, 7) is 8.63. The summed E-state index contributed by atoms with van der Waals surface area (Å²) in [5.41, 5.74) is 4.32. The Kier molecular flexibility index (Phi) is 7.20. The summed E-state index contributed by atoms with van der Waals surface area (Å²) in [5.74, 6) is -0.483. The lowest BCUT2D eigenvalue weighted by Gasteiger charge is -2.38. The number of rotatable bonds is 5. The van der Waals surface area contributed by atoms with Gasteiger partial charge in [0.2, 0.25) is 0 Å². The van der Waals surface area contributed by atoms with E-state index in [1.807, 2.05) is 25.1 Å². The van der Waals surface area contributed by atoms with Crippen LogP contribution in [-0.2, 0) is 0 Å². The third-order valence-corrected chi connectivity index (χ3v) is 8.02. The Hall–Kier alpha value is -2.57. The van der Waals surface area contributed by atoms with Crippen molar-refractivity contribution in [2.75, 3.05) is 18.1 Å². The summed E-state index contributed by atoms with van der Waals surface area (Å²) >= 11 is 3.59. The van der Waals surface area contributed by atoms with Crippen molar-refractivity contribution in [1.82, 2.24) is 0 Å². The fourth-order valence-corrected chi connectivity index (χ4v) is 6.16. The predicted octanol–water partition coefficient (Wildman–Crippen LogP) is 6.39. The number of hydrogen-bond acceptors (Lipinski definition) is 4. The number of amides is 1. The van der Waals surface area contributed by atoms with Crippen LogP contribution in [0, 0.1) is 5.92 Å². The highest BCUT2D eigenvalue weighted by Crippen LogP contribution is 2.57. The smallest absolute Gasteiger partial charge is 0.258 e. The maximum Gasteiger partial charge on any atom is 0.258 e. The predicted molar refractivity (Wildman–Crippen MR) is 139 cm³/mol. The molecule has 1 heterocycles. The van der Waals surface area contributed by atoms with Crippen LogP contribution in [0.4, 0.5) is 5.69 Å². The van der Waals surface area contributed by atoms with Crippen molar-refractivity contribution < 1.29 is 20.1 Å². The van der Waals surface area contributed by atoms with E-state index >= 15 is 0 Å². The molecule has 0 aromatic heterocycles. The number of allylic oxidation sites excluding steroid dienone is 3. The third-order valence-electron chi connectivity index (χ3n) is 7.27. The number of fused-ring (bicyclic) bond motifs is 1. The number of aliphatic hydroxyl groups excluding tert-OH is 1. The molecule has 34 heavy (non-hydrogen) atoms. The van der Waals surface area contributed by atoms with Crippen molar-refractivity contribution >= 4 is 27.5 Å². The molecule has 0 saturated carbocycles. The molecule has 180 valence electrons. The average Bonchev–Trinajstić information content (AvgIpc) is 2.82. The Balaban J connectivity index is 1.93. The fourth-order valence-electron chi connectivity index (χ4n) is 5.52. The lowest BCUT2D eigenvalue weighted by molar-refractivity contribution is 0.0983. The van der Waals surface area contributed by atoms with Gasteiger partial charge in [-0.05, 0) is 79.4 Å². The molecule has 2 aromatic rings. The second-order valence-electron chi connectivity index (χ2n) is 9.54. The number of anilines is 1. The van der Waals surface area contributed by atoms with E-state index < -0.39 is 0 Å². The molecule has 3 atom stereocenters. The van der Waals surface area contributed by atoms with Crippen LogP contribution in [0.15, 0.2) is 58.6 Å². The van der Waals surface area contributed by atoms with Gasteiger partial charge < -0.3 is 20.2 Å². The van der Waals surface area contributed by atoms with Crippen molar-refractivity contribution in [3.05, 3.63) is 75.3 Å². The Labute approximate surface area is 209 Å². The Morgan fingerprint density at radius 1 is 1.15 bits per heavy atom. The number of halogens is 1. The number of hydrogen-bond donors (Lipinski definition) is 3. The average molecular weight is 526 g/mol. The molecule has 0 fully saturated rings. The first-order valence-electron chi connectivity index (χ1n) is 11.8. The van der Waals surface area contributed by atoms with Crippen LogP contribution in [0.1, 0.15) is 72.9 Å². The van der Waals surface area contributed by atoms with Gasteiger partial charge in [-0.3, -0.25) is 4.79 Å². The highest BCUT2D eigenvalue weighted by molar-refractivity contribution is 9.10. The van der Waals surface area contributed by atoms with Crippen molar-refractivity contribution in [3.8, 4) is 11.5 Å². The number of aliphatic hydroxyl groups is 1. The highest BCUT2D eigenvalue weighted by atomic mass is 79.9. The van der Waals surface area contributed by atoms with Gasteiger partial charge in [0.1, 0.15) is 11.5 Å². The second kappa shape index (κ2) is 9.96. The van der Waals surface area contributed by atoms with E-state index in [4.69, 9.17) is 0 Å². The standard InChI is InChI=1S/C28H32BrNO4/c1-16(2)20-10-9-17(3)15-21(20)23-26(32)22-18(12-14-31)11-13-30(25(22)24(29)27(23)33)28(34)19-7-5-4-6-8-19/h4-8,15,18,20-21,31-33H,1,9-14H2,2-3H3/t18-,20-,21+/m0/s1. The molecule has 4 rings (SSSR count). The maximum atomic E-state index is 13.4. The van der Waals surface area contributed by atoms with E-state index in [9.17, 15) is 20.1 Å². The van der Waals surface area contributed by atoms with E-state index in [2.05, 4.69) is 35.5 Å². The van der Waals surface area contributed by atoms with Gasteiger partial charge in [-0.1, -0.05) is 42.0 Å². The zero-order valence-corrected chi connectivity index (χ0v) is 21.3. The zero-order valence-electron chi connectivity index (χ0n) is 19.7. The lowest BCUT2D eigenvalue weighted by atomic mass is 9.72. The first kappa shape index (κ1) is 24.6. The number of nitrogens with zero attached hydrogens (tertiary/aromatic N) is 1. The molecule has 3 N–H and O–H groups in total. The zero-order chi connectivity index (χ0) is 24.6. The van der Waals surface area contributed by atoms with Crippen LogP contribution in [0.3, 0.4) is 0 Å². The second-order valence-corrected chi connectivity index (χ2v) is 10.3. The van der Waals surface area contributed by atoms with Gasteiger partial charge >= 0.3 is 0 Å². The fraction of sp³-hybridized carbons (Fsp3) is 0.393. The topological polar surface area (TPSA) is 81.0 Å². The quantitative estimate of drug-likeness (QED) is 0.395. The Bertz CT molecular complexity index is 1140. The molecule has 6 heteroatoms. The molecule has 1 aliphatic heterocycles. The van der Waals surface area contributed by atoms with E-state index in [1.165, 1.54) is 5.57 Å². The molecule has 2 aromatic carbocycles. The first-order valence-corrected chi connectivity index (χ1v) is 12.6. The van der Waals surface area contributed by atoms with Crippen LogP contribution in [-0.4, -0.2) is 34.4 Å². The lowest BCUT2D eigenvalue weighted by Crippen LogP contribution is -2.37. The highest BCUT2D eigenvalue weighted by Gasteiger charge is 2.39. The molecule has 2 aliphatic rings. The number of carbonyl (C=O) groups excluding carboxylic acids is 1. The molecule has 0 spiro atoms. The van der Waals surface area contributed by atoms with E-state index in [0.29, 0.717) is 46.2 Å². The Morgan fingerprint density at radius 2 is 1.85 bits per heavy atom. The first-order chi connectivity index (χ1) is 16.3. The third kappa shape index (κ3) is 4.29. The van der Waals surface area contributed by atoms with Gasteiger partial charge in [-0.25, -0.2) is 0 Å². The molecule has 0 unspecified atom stereocenters. The van der Waals surface area contributed by atoms with Gasteiger partial charge in [0.15, 0.2) is 0 Å². The van der Waals surface area contributed by atoms with Crippen LogP contribution >= 0.6 is 15.9 Å². The summed E-state index contributed by atoms with van der Waals surface area (Å²) in [7, 11) is 0. The van der Waals surface area contributed by atoms with E-state index in [0.717, 1.165) is 18.4 Å². The summed E-state index contributed by atoms with van der Waals surface area (Å²) in [5, 5.41) is 32.8. The van der Waals surface area contributed by atoms with Gasteiger partial charge in [0, 0.05) is 35.8 Å². The van der Waals surface area contributed by atoms with Crippen molar-refractivity contribution in [2.45, 2.75) is 51.4 Å². The molecular formula is C28H32BrNO4. The summed E-state index contributed by atoms with van der Waals surface area (Å²) in [4.78, 5) is 15.1. The minimum atomic E-state index is -0.220. The van der Waals surface area contributed by atoms with Crippen LogP contribution in [0.25, 0.3) is 0 Å². The maximum absolute atomic E-state index is 13.4. The molecule has 0 bridgehead atoms. The molecule has 1 aliphatic carbocycles. The Morgan fingerprint density at radius 3 is 2.50 bits per heavy atom.